The molecular formula is C23H34O3. The van der Waals surface area contributed by atoms with Gasteiger partial charge in [-0.1, -0.05) is 38.8 Å². The van der Waals surface area contributed by atoms with Gasteiger partial charge >= 0.3 is 0 Å². The van der Waals surface area contributed by atoms with E-state index in [1.165, 1.54) is 31.3 Å². The molecule has 1 fully saturated rings. The molecule has 3 nitrogen and oxygen atoms in total. The first-order valence-corrected chi connectivity index (χ1v) is 9.82. The zero-order valence-corrected chi connectivity index (χ0v) is 17.2. The van der Waals surface area contributed by atoms with Crippen molar-refractivity contribution in [1.82, 2.24) is 0 Å². The zero-order chi connectivity index (χ0) is 18.9. The lowest BCUT2D eigenvalue weighted by Gasteiger charge is -2.56. The molecule has 2 unspecified atom stereocenters. The minimum atomic E-state index is 0.309. The van der Waals surface area contributed by atoms with Crippen molar-refractivity contribution in [3.63, 3.8) is 0 Å². The molecular weight excluding hydrogens is 324 g/mol. The molecule has 0 aliphatic heterocycles. The zero-order valence-electron chi connectivity index (χ0n) is 17.2. The van der Waals surface area contributed by atoms with Gasteiger partial charge in [-0.3, -0.25) is 0 Å². The minimum absolute atomic E-state index is 0.309. The molecule has 144 valence electrons. The fourth-order valence-corrected chi connectivity index (χ4v) is 5.50. The molecule has 0 saturated heterocycles. The molecule has 3 heteroatoms. The molecule has 0 amide bonds. The Balaban J connectivity index is 1.82. The molecule has 0 N–H and O–H groups in total. The Labute approximate surface area is 158 Å². The number of rotatable bonds is 5. The Hall–Kier alpha value is -1.64. The van der Waals surface area contributed by atoms with Gasteiger partial charge in [-0.05, 0) is 42.9 Å². The van der Waals surface area contributed by atoms with Crippen LogP contribution in [0.15, 0.2) is 29.8 Å². The third-order valence-corrected chi connectivity index (χ3v) is 7.04. The van der Waals surface area contributed by atoms with Gasteiger partial charge in [-0.2, -0.15) is 0 Å². The molecule has 1 saturated carbocycles. The van der Waals surface area contributed by atoms with E-state index < -0.39 is 0 Å². The van der Waals surface area contributed by atoms with Crippen molar-refractivity contribution in [2.45, 2.75) is 53.4 Å². The first kappa shape index (κ1) is 19.1. The summed E-state index contributed by atoms with van der Waals surface area (Å²) in [6.45, 7) is 10.4. The molecule has 0 bridgehead atoms. The summed E-state index contributed by atoms with van der Waals surface area (Å²) in [4.78, 5) is 0. The van der Waals surface area contributed by atoms with E-state index in [1.807, 2.05) is 18.2 Å². The average Bonchev–Trinajstić information content (AvgIpc) is 2.59. The number of hydrogen-bond acceptors (Lipinski definition) is 3. The van der Waals surface area contributed by atoms with Crippen LogP contribution in [-0.4, -0.2) is 20.8 Å². The number of fused-ring (bicyclic) bond motifs is 1. The van der Waals surface area contributed by atoms with Crippen LogP contribution in [0, 0.1) is 22.7 Å². The Morgan fingerprint density at radius 1 is 0.962 bits per heavy atom. The quantitative estimate of drug-likeness (QED) is 0.615. The lowest BCUT2D eigenvalue weighted by atomic mass is 9.49. The van der Waals surface area contributed by atoms with Gasteiger partial charge in [0.25, 0.3) is 0 Å². The van der Waals surface area contributed by atoms with Crippen molar-refractivity contribution in [1.29, 1.82) is 0 Å². The van der Waals surface area contributed by atoms with Gasteiger partial charge in [0.1, 0.15) is 17.2 Å². The predicted octanol–water partition coefficient (Wildman–Crippen LogP) is 5.88. The summed E-state index contributed by atoms with van der Waals surface area (Å²) < 4.78 is 17.0. The summed E-state index contributed by atoms with van der Waals surface area (Å²) in [5.41, 5.74) is 2.20. The highest BCUT2D eigenvalue weighted by Crippen LogP contribution is 2.59. The summed E-state index contributed by atoms with van der Waals surface area (Å²) >= 11 is 0. The summed E-state index contributed by atoms with van der Waals surface area (Å²) in [6.07, 6.45) is 7.61. The predicted molar refractivity (Wildman–Crippen MR) is 106 cm³/mol. The number of hydrogen-bond donors (Lipinski definition) is 0. The summed E-state index contributed by atoms with van der Waals surface area (Å²) in [5, 5.41) is 0. The normalized spacial score (nSPS) is 30.2. The van der Waals surface area contributed by atoms with E-state index in [9.17, 15) is 0 Å². The van der Waals surface area contributed by atoms with Crippen LogP contribution in [-0.2, 0) is 0 Å². The van der Waals surface area contributed by atoms with Crippen molar-refractivity contribution < 1.29 is 14.2 Å². The fraction of sp³-hybridized carbons (Fsp3) is 0.652. The Kier molecular flexibility index (Phi) is 5.28. The van der Waals surface area contributed by atoms with E-state index in [-0.39, 0.29) is 0 Å². The number of allylic oxidation sites excluding steroid dienone is 1. The number of ether oxygens (including phenoxy) is 3. The second-order valence-corrected chi connectivity index (χ2v) is 9.00. The Bertz CT molecular complexity index is 654. The van der Waals surface area contributed by atoms with Gasteiger partial charge < -0.3 is 14.2 Å². The highest BCUT2D eigenvalue weighted by Gasteiger charge is 2.52. The van der Waals surface area contributed by atoms with E-state index in [4.69, 9.17) is 14.2 Å². The van der Waals surface area contributed by atoms with Crippen LogP contribution in [0.4, 0.5) is 0 Å². The molecule has 1 aromatic rings. The molecule has 3 atom stereocenters. The summed E-state index contributed by atoms with van der Waals surface area (Å²) in [6, 6.07) is 5.75. The van der Waals surface area contributed by atoms with Gasteiger partial charge in [0.2, 0.25) is 0 Å². The van der Waals surface area contributed by atoms with Crippen molar-refractivity contribution in [2.75, 3.05) is 20.8 Å². The van der Waals surface area contributed by atoms with E-state index >= 15 is 0 Å². The molecule has 0 heterocycles. The van der Waals surface area contributed by atoms with Crippen LogP contribution < -0.4 is 14.2 Å². The van der Waals surface area contributed by atoms with Crippen LogP contribution in [0.3, 0.4) is 0 Å². The lowest BCUT2D eigenvalue weighted by Crippen LogP contribution is -2.50. The second kappa shape index (κ2) is 7.17. The van der Waals surface area contributed by atoms with Crippen LogP contribution in [0.5, 0.6) is 17.2 Å². The number of benzene rings is 1. The molecule has 26 heavy (non-hydrogen) atoms. The van der Waals surface area contributed by atoms with Crippen LogP contribution in [0.2, 0.25) is 0 Å². The number of methoxy groups -OCH3 is 2. The molecule has 2 aliphatic rings. The smallest absolute Gasteiger partial charge is 0.126 e. The first-order chi connectivity index (χ1) is 12.3. The summed E-state index contributed by atoms with van der Waals surface area (Å²) in [5.74, 6) is 3.52. The maximum Gasteiger partial charge on any atom is 0.126 e. The fourth-order valence-electron chi connectivity index (χ4n) is 5.50. The molecule has 3 rings (SSSR count). The lowest BCUT2D eigenvalue weighted by molar-refractivity contribution is -0.0481. The van der Waals surface area contributed by atoms with Crippen LogP contribution in [0.25, 0.3) is 0 Å². The van der Waals surface area contributed by atoms with Crippen molar-refractivity contribution >= 4 is 0 Å². The highest BCUT2D eigenvalue weighted by atomic mass is 16.5. The maximum atomic E-state index is 6.28. The maximum absolute atomic E-state index is 6.28. The average molecular weight is 359 g/mol. The molecule has 0 aromatic heterocycles. The van der Waals surface area contributed by atoms with Gasteiger partial charge in [-0.15, -0.1) is 0 Å². The van der Waals surface area contributed by atoms with Gasteiger partial charge in [0, 0.05) is 24.1 Å². The molecule has 0 spiro atoms. The molecule has 1 aromatic carbocycles. The van der Waals surface area contributed by atoms with Crippen molar-refractivity contribution in [3.8, 4) is 17.2 Å². The monoisotopic (exact) mass is 358 g/mol. The van der Waals surface area contributed by atoms with Gasteiger partial charge in [-0.25, -0.2) is 0 Å². The SMILES string of the molecule is COc1cc(OC)cc(OCC2C(C)=CCC3C(C)(C)CCC[C@]23C)c1. The van der Waals surface area contributed by atoms with E-state index in [2.05, 4.69) is 33.8 Å². The summed E-state index contributed by atoms with van der Waals surface area (Å²) in [7, 11) is 3.34. The third kappa shape index (κ3) is 3.45. The molecule has 0 radical (unpaired) electrons. The van der Waals surface area contributed by atoms with E-state index in [0.717, 1.165) is 23.2 Å². The van der Waals surface area contributed by atoms with Gasteiger partial charge in [0.15, 0.2) is 0 Å². The Morgan fingerprint density at radius 3 is 2.19 bits per heavy atom. The van der Waals surface area contributed by atoms with E-state index in [0.29, 0.717) is 23.4 Å². The van der Waals surface area contributed by atoms with Crippen molar-refractivity contribution in [2.24, 2.45) is 22.7 Å². The van der Waals surface area contributed by atoms with Crippen LogP contribution >= 0.6 is 0 Å². The second-order valence-electron chi connectivity index (χ2n) is 9.00. The first-order valence-electron chi connectivity index (χ1n) is 9.82. The third-order valence-electron chi connectivity index (χ3n) is 7.04. The standard InChI is InChI=1S/C23H34O3/c1-16-8-9-21-22(2,3)10-7-11-23(21,4)20(16)15-26-19-13-17(24-5)12-18(14-19)25-6/h8,12-14,20-21H,7,9-11,15H2,1-6H3/t20?,21?,23-/m1/s1. The molecule has 2 aliphatic carbocycles. The highest BCUT2D eigenvalue weighted by molar-refractivity contribution is 5.42. The van der Waals surface area contributed by atoms with E-state index in [1.54, 1.807) is 14.2 Å². The minimum Gasteiger partial charge on any atom is -0.496 e. The van der Waals surface area contributed by atoms with Crippen molar-refractivity contribution in [3.05, 3.63) is 29.8 Å². The Morgan fingerprint density at radius 2 is 1.58 bits per heavy atom. The largest absolute Gasteiger partial charge is 0.496 e. The van der Waals surface area contributed by atoms with Gasteiger partial charge in [0.05, 0.1) is 20.8 Å². The topological polar surface area (TPSA) is 27.7 Å². The van der Waals surface area contributed by atoms with Crippen LogP contribution in [0.1, 0.15) is 53.4 Å².